The molecule has 0 saturated heterocycles. The second-order valence-corrected chi connectivity index (χ2v) is 4.06. The molecule has 2 aromatic heterocycles. The third kappa shape index (κ3) is 1.92. The molecule has 0 aliphatic rings. The lowest BCUT2D eigenvalue weighted by Crippen LogP contribution is -2.00. The van der Waals surface area contributed by atoms with Crippen LogP contribution < -0.4 is 0 Å². The minimum Gasteiger partial charge on any atom is -0.464 e. The molecule has 0 fully saturated rings. The van der Waals surface area contributed by atoms with E-state index in [2.05, 4.69) is 14.9 Å². The van der Waals surface area contributed by atoms with Gasteiger partial charge in [-0.3, -0.25) is 5.10 Å². The van der Waals surface area contributed by atoms with E-state index < -0.39 is 5.97 Å². The minimum absolute atomic E-state index is 0.304. The van der Waals surface area contributed by atoms with Gasteiger partial charge in [-0.2, -0.15) is 5.10 Å². The van der Waals surface area contributed by atoms with Gasteiger partial charge in [-0.25, -0.2) is 4.79 Å². The average molecular weight is 222 g/mol. The minimum atomic E-state index is -0.425. The molecule has 2 heterocycles. The number of esters is 1. The Bertz CT molecular complexity index is 487. The number of hydrogen-bond acceptors (Lipinski definition) is 4. The van der Waals surface area contributed by atoms with E-state index in [9.17, 15) is 4.79 Å². The van der Waals surface area contributed by atoms with Crippen molar-refractivity contribution in [2.75, 3.05) is 7.11 Å². The van der Waals surface area contributed by atoms with Crippen LogP contribution in [0.15, 0.2) is 17.5 Å². The third-order valence-electron chi connectivity index (χ3n) is 1.97. The molecule has 5 heteroatoms. The van der Waals surface area contributed by atoms with Gasteiger partial charge < -0.3 is 4.74 Å². The highest BCUT2D eigenvalue weighted by Gasteiger charge is 2.11. The number of aromatic nitrogens is 2. The summed E-state index contributed by atoms with van der Waals surface area (Å²) in [6.45, 7) is 2.03. The number of thiophene rings is 1. The van der Waals surface area contributed by atoms with Crippen LogP contribution >= 0.6 is 11.3 Å². The molecular weight excluding hydrogens is 212 g/mol. The summed E-state index contributed by atoms with van der Waals surface area (Å²) in [4.78, 5) is 12.2. The van der Waals surface area contributed by atoms with Crippen LogP contribution in [0.3, 0.4) is 0 Å². The van der Waals surface area contributed by atoms with Crippen molar-refractivity contribution in [3.05, 3.63) is 28.8 Å². The Labute approximate surface area is 90.9 Å². The van der Waals surface area contributed by atoms with Gasteiger partial charge in [-0.15, -0.1) is 11.3 Å². The first-order valence-corrected chi connectivity index (χ1v) is 5.28. The molecule has 15 heavy (non-hydrogen) atoms. The van der Waals surface area contributed by atoms with Crippen molar-refractivity contribution in [2.45, 2.75) is 6.92 Å². The van der Waals surface area contributed by atoms with Crippen LogP contribution in [0, 0.1) is 6.92 Å². The summed E-state index contributed by atoms with van der Waals surface area (Å²) in [5, 5.41) is 8.74. The fraction of sp³-hybridized carbons (Fsp3) is 0.200. The second-order valence-electron chi connectivity index (χ2n) is 3.15. The molecule has 0 unspecified atom stereocenters. The van der Waals surface area contributed by atoms with E-state index in [1.807, 2.05) is 18.4 Å². The fourth-order valence-electron chi connectivity index (χ4n) is 1.23. The third-order valence-corrected chi connectivity index (χ3v) is 3.05. The van der Waals surface area contributed by atoms with Crippen LogP contribution in [-0.2, 0) is 4.74 Å². The quantitative estimate of drug-likeness (QED) is 0.793. The standard InChI is InChI=1S/C10H10N2O2S/c1-6-3-9(15-5-6)7-4-8(12-11-7)10(13)14-2/h3-5H,1-2H3,(H,11,12). The van der Waals surface area contributed by atoms with E-state index in [-0.39, 0.29) is 0 Å². The number of nitrogens with one attached hydrogen (secondary N) is 1. The van der Waals surface area contributed by atoms with Gasteiger partial charge >= 0.3 is 5.97 Å². The Morgan fingerprint density at radius 2 is 2.33 bits per heavy atom. The first-order chi connectivity index (χ1) is 7.20. The maximum Gasteiger partial charge on any atom is 0.358 e. The Balaban J connectivity index is 2.31. The van der Waals surface area contributed by atoms with E-state index in [0.29, 0.717) is 5.69 Å². The average Bonchev–Trinajstić information content (AvgIpc) is 2.84. The summed E-state index contributed by atoms with van der Waals surface area (Å²) in [6.07, 6.45) is 0. The number of carbonyl (C=O) groups excluding carboxylic acids is 1. The first kappa shape index (κ1) is 9.92. The zero-order valence-corrected chi connectivity index (χ0v) is 9.22. The molecule has 2 aromatic rings. The summed E-state index contributed by atoms with van der Waals surface area (Å²) in [5.74, 6) is -0.425. The smallest absolute Gasteiger partial charge is 0.358 e. The van der Waals surface area contributed by atoms with Gasteiger partial charge in [0.05, 0.1) is 17.7 Å². The van der Waals surface area contributed by atoms with Gasteiger partial charge in [0, 0.05) is 0 Å². The van der Waals surface area contributed by atoms with Gasteiger partial charge in [0.25, 0.3) is 0 Å². The van der Waals surface area contributed by atoms with Gasteiger partial charge in [0.1, 0.15) is 0 Å². The SMILES string of the molecule is COC(=O)c1cc(-c2cc(C)cs2)[nH]n1. The Kier molecular flexibility index (Phi) is 2.55. The number of ether oxygens (including phenoxy) is 1. The van der Waals surface area contributed by atoms with Crippen molar-refractivity contribution in [3.8, 4) is 10.6 Å². The highest BCUT2D eigenvalue weighted by Crippen LogP contribution is 2.25. The Morgan fingerprint density at radius 1 is 1.53 bits per heavy atom. The van der Waals surface area contributed by atoms with Gasteiger partial charge in [0.2, 0.25) is 0 Å². The van der Waals surface area contributed by atoms with Gasteiger partial charge in [0.15, 0.2) is 5.69 Å². The molecule has 0 amide bonds. The number of hydrogen-bond donors (Lipinski definition) is 1. The zero-order valence-electron chi connectivity index (χ0n) is 8.40. The summed E-state index contributed by atoms with van der Waals surface area (Å²) < 4.78 is 4.57. The number of rotatable bonds is 2. The first-order valence-electron chi connectivity index (χ1n) is 4.40. The van der Waals surface area contributed by atoms with Crippen molar-refractivity contribution < 1.29 is 9.53 Å². The topological polar surface area (TPSA) is 55.0 Å². The number of H-pyrrole nitrogens is 1. The van der Waals surface area contributed by atoms with Crippen molar-refractivity contribution in [1.29, 1.82) is 0 Å². The van der Waals surface area contributed by atoms with Crippen molar-refractivity contribution in [2.24, 2.45) is 0 Å². The van der Waals surface area contributed by atoms with Crippen LogP contribution in [0.25, 0.3) is 10.6 Å². The highest BCUT2D eigenvalue weighted by molar-refractivity contribution is 7.13. The van der Waals surface area contributed by atoms with Crippen LogP contribution in [0.1, 0.15) is 16.1 Å². The number of aromatic amines is 1. The lowest BCUT2D eigenvalue weighted by atomic mass is 10.3. The summed E-state index contributed by atoms with van der Waals surface area (Å²) >= 11 is 1.61. The maximum atomic E-state index is 11.2. The summed E-state index contributed by atoms with van der Waals surface area (Å²) in [6, 6.07) is 3.73. The molecule has 1 N–H and O–H groups in total. The number of aryl methyl sites for hydroxylation is 1. The Morgan fingerprint density at radius 3 is 2.93 bits per heavy atom. The normalized spacial score (nSPS) is 10.3. The zero-order chi connectivity index (χ0) is 10.8. The molecule has 0 aromatic carbocycles. The number of methoxy groups -OCH3 is 1. The highest BCUT2D eigenvalue weighted by atomic mass is 32.1. The molecule has 4 nitrogen and oxygen atoms in total. The molecule has 78 valence electrons. The molecule has 0 aliphatic carbocycles. The van der Waals surface area contributed by atoms with Gasteiger partial charge in [-0.05, 0) is 30.0 Å². The molecule has 2 rings (SSSR count). The van der Waals surface area contributed by atoms with Gasteiger partial charge in [-0.1, -0.05) is 0 Å². The predicted molar refractivity (Wildman–Crippen MR) is 58.0 cm³/mol. The van der Waals surface area contributed by atoms with E-state index in [0.717, 1.165) is 10.6 Å². The van der Waals surface area contributed by atoms with E-state index in [4.69, 9.17) is 0 Å². The van der Waals surface area contributed by atoms with Crippen molar-refractivity contribution >= 4 is 17.3 Å². The largest absolute Gasteiger partial charge is 0.464 e. The van der Waals surface area contributed by atoms with E-state index in [1.165, 1.54) is 12.7 Å². The van der Waals surface area contributed by atoms with E-state index in [1.54, 1.807) is 17.4 Å². The van der Waals surface area contributed by atoms with Crippen molar-refractivity contribution in [1.82, 2.24) is 10.2 Å². The molecular formula is C10H10N2O2S. The van der Waals surface area contributed by atoms with Crippen LogP contribution in [0.2, 0.25) is 0 Å². The number of carbonyl (C=O) groups is 1. The van der Waals surface area contributed by atoms with E-state index >= 15 is 0 Å². The summed E-state index contributed by atoms with van der Waals surface area (Å²) in [7, 11) is 1.34. The molecule has 0 bridgehead atoms. The maximum absolute atomic E-state index is 11.2. The van der Waals surface area contributed by atoms with Crippen molar-refractivity contribution in [3.63, 3.8) is 0 Å². The van der Waals surface area contributed by atoms with Crippen LogP contribution in [0.4, 0.5) is 0 Å². The monoisotopic (exact) mass is 222 g/mol. The molecule has 0 spiro atoms. The molecule has 0 saturated carbocycles. The van der Waals surface area contributed by atoms with Crippen LogP contribution in [0.5, 0.6) is 0 Å². The lowest BCUT2D eigenvalue weighted by molar-refractivity contribution is 0.0594. The lowest BCUT2D eigenvalue weighted by Gasteiger charge is -1.90. The predicted octanol–water partition coefficient (Wildman–Crippen LogP) is 2.23. The molecule has 0 aliphatic heterocycles. The fourth-order valence-corrected chi connectivity index (χ4v) is 2.10. The molecule has 0 radical (unpaired) electrons. The summed E-state index contributed by atoms with van der Waals surface area (Å²) in [5.41, 5.74) is 2.34. The Hall–Kier alpha value is -1.62. The second kappa shape index (κ2) is 3.86. The van der Waals surface area contributed by atoms with Crippen LogP contribution in [-0.4, -0.2) is 23.3 Å². The molecule has 0 atom stereocenters. The number of nitrogens with zero attached hydrogens (tertiary/aromatic N) is 1.